The second kappa shape index (κ2) is 9.36. The molecule has 0 radical (unpaired) electrons. The summed E-state index contributed by atoms with van der Waals surface area (Å²) < 4.78 is 5.51. The fourth-order valence-electron chi connectivity index (χ4n) is 2.44. The maximum Gasteiger partial charge on any atom is 0.229 e. The summed E-state index contributed by atoms with van der Waals surface area (Å²) in [6, 6.07) is 20.8. The van der Waals surface area contributed by atoms with Gasteiger partial charge in [-0.1, -0.05) is 18.2 Å². The van der Waals surface area contributed by atoms with Crippen LogP contribution in [-0.2, 0) is 4.79 Å². The molecule has 2 aromatic carbocycles. The number of aromatic nitrogens is 2. The lowest BCUT2D eigenvalue weighted by atomic mass is 10.2. The highest BCUT2D eigenvalue weighted by Gasteiger charge is 2.05. The second-order valence-electron chi connectivity index (χ2n) is 6.33. The molecular formula is C21H23N5O2. The molecule has 0 saturated heterocycles. The molecule has 7 nitrogen and oxygen atoms in total. The van der Waals surface area contributed by atoms with Gasteiger partial charge in [0.05, 0.1) is 13.0 Å². The molecule has 144 valence electrons. The van der Waals surface area contributed by atoms with Crippen LogP contribution in [0, 0.1) is 0 Å². The molecule has 1 aromatic heterocycles. The smallest absolute Gasteiger partial charge is 0.229 e. The summed E-state index contributed by atoms with van der Waals surface area (Å²) in [5, 5.41) is 14.0. The van der Waals surface area contributed by atoms with Crippen molar-refractivity contribution < 1.29 is 9.53 Å². The molecule has 28 heavy (non-hydrogen) atoms. The zero-order valence-electron chi connectivity index (χ0n) is 15.9. The Morgan fingerprint density at radius 3 is 2.25 bits per heavy atom. The predicted molar refractivity (Wildman–Crippen MR) is 111 cm³/mol. The fraction of sp³-hybridized carbons (Fsp3) is 0.190. The Labute approximate surface area is 164 Å². The van der Waals surface area contributed by atoms with Crippen molar-refractivity contribution in [3.05, 3.63) is 66.7 Å². The van der Waals surface area contributed by atoms with Crippen molar-refractivity contribution in [3.8, 4) is 5.75 Å². The number of para-hydroxylation sites is 1. The molecule has 0 unspecified atom stereocenters. The van der Waals surface area contributed by atoms with Crippen LogP contribution in [0.3, 0.4) is 0 Å². The van der Waals surface area contributed by atoms with Crippen LogP contribution in [-0.4, -0.2) is 36.8 Å². The van der Waals surface area contributed by atoms with Crippen LogP contribution in [0.5, 0.6) is 5.75 Å². The average molecular weight is 377 g/mol. The number of amides is 1. The molecule has 0 saturated carbocycles. The van der Waals surface area contributed by atoms with Gasteiger partial charge in [-0.3, -0.25) is 4.79 Å². The molecule has 1 amide bonds. The Hall–Kier alpha value is -3.61. The van der Waals surface area contributed by atoms with Gasteiger partial charge in [0.2, 0.25) is 5.91 Å². The van der Waals surface area contributed by atoms with Crippen molar-refractivity contribution >= 4 is 28.9 Å². The van der Waals surface area contributed by atoms with E-state index < -0.39 is 0 Å². The monoisotopic (exact) mass is 377 g/mol. The maximum absolute atomic E-state index is 12.0. The van der Waals surface area contributed by atoms with Crippen molar-refractivity contribution in [3.63, 3.8) is 0 Å². The summed E-state index contributed by atoms with van der Waals surface area (Å²) in [5.74, 6) is 1.57. The van der Waals surface area contributed by atoms with E-state index in [9.17, 15) is 4.79 Å². The van der Waals surface area contributed by atoms with Gasteiger partial charge in [0.1, 0.15) is 5.75 Å². The second-order valence-corrected chi connectivity index (χ2v) is 6.33. The molecule has 0 atom stereocenters. The van der Waals surface area contributed by atoms with Gasteiger partial charge in [0, 0.05) is 25.5 Å². The molecule has 3 aromatic rings. The van der Waals surface area contributed by atoms with Gasteiger partial charge in [0.15, 0.2) is 11.6 Å². The van der Waals surface area contributed by atoms with E-state index in [1.54, 1.807) is 12.1 Å². The van der Waals surface area contributed by atoms with Crippen LogP contribution in [0.15, 0.2) is 66.7 Å². The summed E-state index contributed by atoms with van der Waals surface area (Å²) in [5.41, 5.74) is 2.03. The molecular weight excluding hydrogens is 354 g/mol. The lowest BCUT2D eigenvalue weighted by Crippen LogP contribution is -2.16. The fourth-order valence-corrected chi connectivity index (χ4v) is 2.44. The Morgan fingerprint density at radius 2 is 1.61 bits per heavy atom. The van der Waals surface area contributed by atoms with Gasteiger partial charge in [-0.2, -0.15) is 0 Å². The molecule has 0 bridgehead atoms. The zero-order chi connectivity index (χ0) is 19.8. The summed E-state index contributed by atoms with van der Waals surface area (Å²) in [6.45, 7) is 0.297. The van der Waals surface area contributed by atoms with E-state index in [1.807, 2.05) is 73.6 Å². The van der Waals surface area contributed by atoms with E-state index in [0.29, 0.717) is 18.2 Å². The molecule has 0 aliphatic carbocycles. The van der Waals surface area contributed by atoms with E-state index in [4.69, 9.17) is 4.74 Å². The Morgan fingerprint density at radius 1 is 0.929 bits per heavy atom. The molecule has 7 heteroatoms. The van der Waals surface area contributed by atoms with Crippen LogP contribution in [0.4, 0.5) is 23.0 Å². The Balaban J connectivity index is 1.46. The minimum absolute atomic E-state index is 0.176. The Bertz CT molecular complexity index is 881. The first-order valence-corrected chi connectivity index (χ1v) is 8.96. The average Bonchev–Trinajstić information content (AvgIpc) is 2.71. The first-order chi connectivity index (χ1) is 13.6. The third-order valence-electron chi connectivity index (χ3n) is 3.93. The highest BCUT2D eigenvalue weighted by Crippen LogP contribution is 2.19. The number of hydrogen-bond donors (Lipinski definition) is 2. The number of carbonyl (C=O) groups excluding carboxylic acids is 1. The van der Waals surface area contributed by atoms with E-state index >= 15 is 0 Å². The number of hydrogen-bond acceptors (Lipinski definition) is 6. The van der Waals surface area contributed by atoms with Crippen molar-refractivity contribution in [2.24, 2.45) is 0 Å². The summed E-state index contributed by atoms with van der Waals surface area (Å²) >= 11 is 0. The number of rotatable bonds is 8. The number of anilines is 4. The zero-order valence-corrected chi connectivity index (χ0v) is 15.9. The van der Waals surface area contributed by atoms with Crippen LogP contribution in [0.25, 0.3) is 0 Å². The van der Waals surface area contributed by atoms with Crippen molar-refractivity contribution in [1.82, 2.24) is 10.2 Å². The van der Waals surface area contributed by atoms with E-state index in [1.165, 1.54) is 0 Å². The third kappa shape index (κ3) is 5.70. The molecule has 1 heterocycles. The minimum atomic E-state index is -0.176. The largest absolute Gasteiger partial charge is 0.493 e. The predicted octanol–water partition coefficient (Wildman–Crippen LogP) is 3.69. The topological polar surface area (TPSA) is 79.4 Å². The molecule has 0 aliphatic heterocycles. The molecule has 0 fully saturated rings. The van der Waals surface area contributed by atoms with E-state index in [2.05, 4.69) is 20.8 Å². The third-order valence-corrected chi connectivity index (χ3v) is 3.93. The summed E-state index contributed by atoms with van der Waals surface area (Å²) in [7, 11) is 3.99. The maximum atomic E-state index is 12.0. The number of ether oxygens (including phenoxy) is 1. The standard InChI is InChI=1S/C21H23N5O2/c1-26(2)17-10-8-16(9-11-17)22-19-12-13-20(25-24-19)23-21(27)14-15-28-18-6-4-3-5-7-18/h3-13H,14-15H2,1-2H3,(H,22,24)(H,23,25,27). The number of nitrogens with one attached hydrogen (secondary N) is 2. The quantitative estimate of drug-likeness (QED) is 0.623. The van der Waals surface area contributed by atoms with Crippen molar-refractivity contribution in [1.29, 1.82) is 0 Å². The van der Waals surface area contributed by atoms with E-state index in [0.717, 1.165) is 17.1 Å². The van der Waals surface area contributed by atoms with Crippen LogP contribution in [0.1, 0.15) is 6.42 Å². The molecule has 3 rings (SSSR count). The number of carbonyl (C=O) groups is 1. The lowest BCUT2D eigenvalue weighted by molar-refractivity contribution is -0.116. The summed E-state index contributed by atoms with van der Waals surface area (Å²) in [4.78, 5) is 14.0. The normalized spacial score (nSPS) is 10.2. The Kier molecular flexibility index (Phi) is 6.41. The first kappa shape index (κ1) is 19.2. The van der Waals surface area contributed by atoms with Crippen molar-refractivity contribution in [2.75, 3.05) is 36.2 Å². The molecule has 0 aliphatic rings. The highest BCUT2D eigenvalue weighted by molar-refractivity contribution is 5.89. The molecule has 2 N–H and O–H groups in total. The van der Waals surface area contributed by atoms with Crippen molar-refractivity contribution in [2.45, 2.75) is 6.42 Å². The first-order valence-electron chi connectivity index (χ1n) is 8.96. The number of nitrogens with zero attached hydrogens (tertiary/aromatic N) is 3. The lowest BCUT2D eigenvalue weighted by Gasteiger charge is -2.13. The van der Waals surface area contributed by atoms with Crippen LogP contribution < -0.4 is 20.3 Å². The van der Waals surface area contributed by atoms with E-state index in [-0.39, 0.29) is 12.3 Å². The van der Waals surface area contributed by atoms with Crippen LogP contribution in [0.2, 0.25) is 0 Å². The SMILES string of the molecule is CN(C)c1ccc(Nc2ccc(NC(=O)CCOc3ccccc3)nn2)cc1. The molecule has 0 spiro atoms. The number of benzene rings is 2. The van der Waals surface area contributed by atoms with Gasteiger partial charge in [-0.05, 0) is 48.5 Å². The van der Waals surface area contributed by atoms with Gasteiger partial charge in [-0.15, -0.1) is 10.2 Å². The van der Waals surface area contributed by atoms with Gasteiger partial charge in [-0.25, -0.2) is 0 Å². The van der Waals surface area contributed by atoms with Gasteiger partial charge >= 0.3 is 0 Å². The minimum Gasteiger partial charge on any atom is -0.493 e. The van der Waals surface area contributed by atoms with Gasteiger partial charge in [0.25, 0.3) is 0 Å². The van der Waals surface area contributed by atoms with Crippen LogP contribution >= 0.6 is 0 Å². The highest BCUT2D eigenvalue weighted by atomic mass is 16.5. The summed E-state index contributed by atoms with van der Waals surface area (Å²) in [6.07, 6.45) is 0.231. The van der Waals surface area contributed by atoms with Gasteiger partial charge < -0.3 is 20.3 Å².